The van der Waals surface area contributed by atoms with Crippen LogP contribution in [0.1, 0.15) is 22.3 Å². The third-order valence-electron chi connectivity index (χ3n) is 3.85. The zero-order chi connectivity index (χ0) is 14.8. The number of amides is 1. The maximum absolute atomic E-state index is 12.9. The van der Waals surface area contributed by atoms with Crippen LogP contribution in [0.15, 0.2) is 42.5 Å². The second-order valence-corrected chi connectivity index (χ2v) is 5.11. The van der Waals surface area contributed by atoms with Crippen molar-refractivity contribution in [3.8, 4) is 5.75 Å². The number of benzene rings is 2. The molecular formula is C17H18N2O2. The standard InChI is InChI=1S/C17H18N2O2/c1-21-15-10-4-8-13(18)16(15)17(20)19-11-5-7-12-6-2-3-9-14(12)19/h2-4,6,8-10H,5,7,11,18H2,1H3. The Labute approximate surface area is 124 Å². The first kappa shape index (κ1) is 13.5. The van der Waals surface area contributed by atoms with E-state index in [-0.39, 0.29) is 5.91 Å². The minimum Gasteiger partial charge on any atom is -0.496 e. The van der Waals surface area contributed by atoms with Crippen LogP contribution < -0.4 is 15.4 Å². The summed E-state index contributed by atoms with van der Waals surface area (Å²) in [5.74, 6) is 0.417. The van der Waals surface area contributed by atoms with Crippen molar-refractivity contribution in [2.45, 2.75) is 12.8 Å². The van der Waals surface area contributed by atoms with E-state index in [4.69, 9.17) is 10.5 Å². The monoisotopic (exact) mass is 282 g/mol. The first-order valence-corrected chi connectivity index (χ1v) is 7.04. The third kappa shape index (κ3) is 2.33. The predicted molar refractivity (Wildman–Crippen MR) is 83.8 cm³/mol. The molecule has 21 heavy (non-hydrogen) atoms. The number of fused-ring (bicyclic) bond motifs is 1. The van der Waals surface area contributed by atoms with E-state index in [1.165, 1.54) is 5.56 Å². The number of aryl methyl sites for hydroxylation is 1. The Morgan fingerprint density at radius 3 is 2.81 bits per heavy atom. The summed E-state index contributed by atoms with van der Waals surface area (Å²) < 4.78 is 5.30. The Hall–Kier alpha value is -2.49. The average Bonchev–Trinajstić information content (AvgIpc) is 2.53. The number of nitrogens with two attached hydrogens (primary N) is 1. The number of methoxy groups -OCH3 is 1. The van der Waals surface area contributed by atoms with E-state index in [2.05, 4.69) is 6.07 Å². The van der Waals surface area contributed by atoms with E-state index >= 15 is 0 Å². The van der Waals surface area contributed by atoms with Crippen LogP contribution in [0.5, 0.6) is 5.75 Å². The first-order valence-electron chi connectivity index (χ1n) is 7.04. The number of para-hydroxylation sites is 1. The molecule has 0 unspecified atom stereocenters. The SMILES string of the molecule is COc1cccc(N)c1C(=O)N1CCCc2ccccc21. The Morgan fingerprint density at radius 2 is 2.00 bits per heavy atom. The second kappa shape index (κ2) is 5.48. The Bertz CT molecular complexity index is 682. The summed E-state index contributed by atoms with van der Waals surface area (Å²) in [6.07, 6.45) is 1.96. The molecule has 1 aliphatic rings. The highest BCUT2D eigenvalue weighted by Gasteiger charge is 2.26. The summed E-state index contributed by atoms with van der Waals surface area (Å²) >= 11 is 0. The van der Waals surface area contributed by atoms with Crippen LogP contribution >= 0.6 is 0 Å². The van der Waals surface area contributed by atoms with Gasteiger partial charge in [-0.05, 0) is 36.6 Å². The maximum Gasteiger partial charge on any atom is 0.264 e. The van der Waals surface area contributed by atoms with E-state index in [0.717, 1.165) is 18.5 Å². The van der Waals surface area contributed by atoms with Crippen molar-refractivity contribution in [1.29, 1.82) is 0 Å². The molecule has 0 radical (unpaired) electrons. The fraction of sp³-hybridized carbons (Fsp3) is 0.235. The molecule has 1 aliphatic heterocycles. The lowest BCUT2D eigenvalue weighted by Gasteiger charge is -2.30. The summed E-state index contributed by atoms with van der Waals surface area (Å²) in [7, 11) is 1.55. The molecule has 4 nitrogen and oxygen atoms in total. The van der Waals surface area contributed by atoms with Crippen LogP contribution in [0.2, 0.25) is 0 Å². The van der Waals surface area contributed by atoms with Gasteiger partial charge in [-0.15, -0.1) is 0 Å². The molecule has 0 saturated heterocycles. The molecule has 1 heterocycles. The van der Waals surface area contributed by atoms with Gasteiger partial charge in [0.2, 0.25) is 0 Å². The van der Waals surface area contributed by atoms with Gasteiger partial charge in [-0.3, -0.25) is 4.79 Å². The normalized spacial score (nSPS) is 13.7. The molecule has 0 bridgehead atoms. The summed E-state index contributed by atoms with van der Waals surface area (Å²) in [6.45, 7) is 0.702. The molecule has 3 rings (SSSR count). The van der Waals surface area contributed by atoms with Gasteiger partial charge in [0.1, 0.15) is 11.3 Å². The second-order valence-electron chi connectivity index (χ2n) is 5.11. The largest absolute Gasteiger partial charge is 0.496 e. The van der Waals surface area contributed by atoms with Crippen molar-refractivity contribution in [3.63, 3.8) is 0 Å². The van der Waals surface area contributed by atoms with Crippen molar-refractivity contribution < 1.29 is 9.53 Å². The number of nitrogen functional groups attached to an aromatic ring is 1. The van der Waals surface area contributed by atoms with Crippen LogP contribution in [-0.2, 0) is 6.42 Å². The number of rotatable bonds is 2. The van der Waals surface area contributed by atoms with Crippen molar-refractivity contribution in [3.05, 3.63) is 53.6 Å². The number of carbonyl (C=O) groups is 1. The number of hydrogen-bond donors (Lipinski definition) is 1. The molecule has 4 heteroatoms. The molecule has 108 valence electrons. The van der Waals surface area contributed by atoms with E-state index in [9.17, 15) is 4.79 Å². The highest BCUT2D eigenvalue weighted by Crippen LogP contribution is 2.32. The summed E-state index contributed by atoms with van der Waals surface area (Å²) in [4.78, 5) is 14.7. The molecule has 2 N–H and O–H groups in total. The van der Waals surface area contributed by atoms with E-state index < -0.39 is 0 Å². The summed E-state index contributed by atoms with van der Waals surface area (Å²) in [6, 6.07) is 13.3. The van der Waals surface area contributed by atoms with Gasteiger partial charge in [-0.25, -0.2) is 0 Å². The molecule has 0 saturated carbocycles. The van der Waals surface area contributed by atoms with Crippen molar-refractivity contribution >= 4 is 17.3 Å². The minimum absolute atomic E-state index is 0.0999. The van der Waals surface area contributed by atoms with E-state index in [0.29, 0.717) is 23.5 Å². The lowest BCUT2D eigenvalue weighted by atomic mass is 10.0. The van der Waals surface area contributed by atoms with Crippen molar-refractivity contribution in [2.24, 2.45) is 0 Å². The average molecular weight is 282 g/mol. The molecule has 0 aliphatic carbocycles. The highest BCUT2D eigenvalue weighted by molar-refractivity contribution is 6.11. The quantitative estimate of drug-likeness (QED) is 0.862. The molecule has 2 aromatic carbocycles. The van der Waals surface area contributed by atoms with Crippen LogP contribution in [-0.4, -0.2) is 19.6 Å². The maximum atomic E-state index is 12.9. The van der Waals surface area contributed by atoms with Crippen molar-refractivity contribution in [2.75, 3.05) is 24.3 Å². The van der Waals surface area contributed by atoms with Crippen LogP contribution in [0.25, 0.3) is 0 Å². The first-order chi connectivity index (χ1) is 10.2. The van der Waals surface area contributed by atoms with Gasteiger partial charge >= 0.3 is 0 Å². The zero-order valence-corrected chi connectivity index (χ0v) is 12.0. The Morgan fingerprint density at radius 1 is 1.19 bits per heavy atom. The molecule has 0 fully saturated rings. The summed E-state index contributed by atoms with van der Waals surface area (Å²) in [5, 5.41) is 0. The number of hydrogen-bond acceptors (Lipinski definition) is 3. The fourth-order valence-corrected chi connectivity index (χ4v) is 2.83. The molecule has 2 aromatic rings. The highest BCUT2D eigenvalue weighted by atomic mass is 16.5. The predicted octanol–water partition coefficient (Wildman–Crippen LogP) is 2.87. The van der Waals surface area contributed by atoms with Gasteiger partial charge in [0.25, 0.3) is 5.91 Å². The van der Waals surface area contributed by atoms with Gasteiger partial charge in [0, 0.05) is 17.9 Å². The number of nitrogens with zero attached hydrogens (tertiary/aromatic N) is 1. The molecular weight excluding hydrogens is 264 g/mol. The molecule has 1 amide bonds. The number of ether oxygens (including phenoxy) is 1. The third-order valence-corrected chi connectivity index (χ3v) is 3.85. The van der Waals surface area contributed by atoms with Crippen LogP contribution in [0.3, 0.4) is 0 Å². The molecule has 0 spiro atoms. The lowest BCUT2D eigenvalue weighted by molar-refractivity contribution is 0.0983. The van der Waals surface area contributed by atoms with Crippen LogP contribution in [0, 0.1) is 0 Å². The van der Waals surface area contributed by atoms with E-state index in [1.54, 1.807) is 30.2 Å². The van der Waals surface area contributed by atoms with Gasteiger partial charge < -0.3 is 15.4 Å². The topological polar surface area (TPSA) is 55.6 Å². The van der Waals surface area contributed by atoms with E-state index in [1.807, 2.05) is 18.2 Å². The van der Waals surface area contributed by atoms with Gasteiger partial charge in [-0.1, -0.05) is 24.3 Å². The zero-order valence-electron chi connectivity index (χ0n) is 12.0. The van der Waals surface area contributed by atoms with Gasteiger partial charge in [0.15, 0.2) is 0 Å². The lowest BCUT2D eigenvalue weighted by Crippen LogP contribution is -2.36. The number of anilines is 2. The van der Waals surface area contributed by atoms with Crippen molar-refractivity contribution in [1.82, 2.24) is 0 Å². The minimum atomic E-state index is -0.0999. The number of carbonyl (C=O) groups excluding carboxylic acids is 1. The Balaban J connectivity index is 2.05. The summed E-state index contributed by atoms with van der Waals surface area (Å²) in [5.41, 5.74) is 9.06. The molecule has 0 atom stereocenters. The molecule has 0 aromatic heterocycles. The van der Waals surface area contributed by atoms with Gasteiger partial charge in [-0.2, -0.15) is 0 Å². The van der Waals surface area contributed by atoms with Gasteiger partial charge in [0.05, 0.1) is 7.11 Å². The Kier molecular flexibility index (Phi) is 3.52. The fourth-order valence-electron chi connectivity index (χ4n) is 2.83. The van der Waals surface area contributed by atoms with Crippen LogP contribution in [0.4, 0.5) is 11.4 Å². The smallest absolute Gasteiger partial charge is 0.264 e.